The molecule has 1 aromatic rings. The van der Waals surface area contributed by atoms with E-state index in [0.717, 1.165) is 9.94 Å². The molecular weight excluding hydrogens is 195 g/mol. The summed E-state index contributed by atoms with van der Waals surface area (Å²) in [4.78, 5) is 2.45. The third kappa shape index (κ3) is 1.22. The molecular formula is C6H6BBrS. The van der Waals surface area contributed by atoms with Crippen LogP contribution < -0.4 is 5.46 Å². The summed E-state index contributed by atoms with van der Waals surface area (Å²) in [6.45, 7) is 4.08. The first kappa shape index (κ1) is 7.35. The highest BCUT2D eigenvalue weighted by Crippen LogP contribution is 2.21. The topological polar surface area (TPSA) is 0 Å². The Morgan fingerprint density at radius 3 is 2.00 bits per heavy atom. The van der Waals surface area contributed by atoms with Crippen molar-refractivity contribution in [2.24, 2.45) is 0 Å². The molecule has 0 spiro atoms. The molecule has 0 aromatic carbocycles. The Kier molecular flexibility index (Phi) is 2.02. The Labute approximate surface area is 68.8 Å². The van der Waals surface area contributed by atoms with Gasteiger partial charge in [-0.3, -0.25) is 0 Å². The second kappa shape index (κ2) is 2.47. The molecule has 0 nitrogen and oxygen atoms in total. The van der Waals surface area contributed by atoms with Crippen LogP contribution in [0.3, 0.4) is 0 Å². The summed E-state index contributed by atoms with van der Waals surface area (Å²) in [5.74, 6) is 0. The number of hydrogen-bond donors (Lipinski definition) is 0. The summed E-state index contributed by atoms with van der Waals surface area (Å²) >= 11 is 5.11. The van der Waals surface area contributed by atoms with E-state index in [2.05, 4.69) is 22.9 Å². The molecule has 0 bridgehead atoms. The molecule has 2 radical (unpaired) electrons. The third-order valence-electron chi connectivity index (χ3n) is 1.23. The first-order chi connectivity index (χ1) is 4.13. The molecule has 0 saturated carbocycles. The number of hydrogen-bond acceptors (Lipinski definition) is 1. The number of rotatable bonds is 0. The van der Waals surface area contributed by atoms with Crippen molar-refractivity contribution in [2.45, 2.75) is 13.8 Å². The van der Waals surface area contributed by atoms with E-state index in [-0.39, 0.29) is 0 Å². The number of thiophene rings is 1. The van der Waals surface area contributed by atoms with Gasteiger partial charge in [0.15, 0.2) is 0 Å². The predicted octanol–water partition coefficient (Wildman–Crippen LogP) is 1.92. The normalized spacial score (nSPS) is 10.1. The maximum atomic E-state index is 5.67. The summed E-state index contributed by atoms with van der Waals surface area (Å²) in [6, 6.07) is 0. The molecule has 1 rings (SSSR count). The van der Waals surface area contributed by atoms with Crippen LogP contribution >= 0.6 is 27.3 Å². The van der Waals surface area contributed by atoms with Crippen molar-refractivity contribution in [3.63, 3.8) is 0 Å². The minimum Gasteiger partial charge on any atom is -0.145 e. The van der Waals surface area contributed by atoms with Gasteiger partial charge >= 0.3 is 0 Å². The van der Waals surface area contributed by atoms with Crippen LogP contribution in [0.1, 0.15) is 9.75 Å². The molecule has 1 aromatic heterocycles. The maximum Gasteiger partial charge on any atom is 0.116 e. The molecule has 0 aliphatic rings. The van der Waals surface area contributed by atoms with Crippen LogP contribution in [0.4, 0.5) is 0 Å². The molecule has 1 heterocycles. The monoisotopic (exact) mass is 200 g/mol. The summed E-state index contributed by atoms with van der Waals surface area (Å²) in [5, 5.41) is 0. The maximum absolute atomic E-state index is 5.67. The SMILES string of the molecule is [B]c1c(C)sc(C)c1Br. The molecule has 0 amide bonds. The van der Waals surface area contributed by atoms with E-state index in [1.807, 2.05) is 6.92 Å². The fraction of sp³-hybridized carbons (Fsp3) is 0.333. The van der Waals surface area contributed by atoms with Crippen molar-refractivity contribution in [3.8, 4) is 0 Å². The largest absolute Gasteiger partial charge is 0.145 e. The molecule has 0 unspecified atom stereocenters. The molecule has 0 aliphatic heterocycles. The van der Waals surface area contributed by atoms with Crippen LogP contribution in [-0.2, 0) is 0 Å². The van der Waals surface area contributed by atoms with Gasteiger partial charge in [-0.1, -0.05) is 21.4 Å². The lowest BCUT2D eigenvalue weighted by Crippen LogP contribution is -2.02. The van der Waals surface area contributed by atoms with E-state index >= 15 is 0 Å². The quantitative estimate of drug-likeness (QED) is 0.562. The Balaban J connectivity index is 3.29. The lowest BCUT2D eigenvalue weighted by atomic mass is 9.97. The Hall–Kier alpha value is 0.245. The number of halogens is 1. The van der Waals surface area contributed by atoms with Gasteiger partial charge in [0, 0.05) is 9.35 Å². The van der Waals surface area contributed by atoms with Gasteiger partial charge in [0.2, 0.25) is 0 Å². The van der Waals surface area contributed by atoms with Crippen molar-refractivity contribution < 1.29 is 0 Å². The smallest absolute Gasteiger partial charge is 0.116 e. The lowest BCUT2D eigenvalue weighted by Gasteiger charge is -1.87. The first-order valence-electron chi connectivity index (χ1n) is 2.64. The minimum absolute atomic E-state index is 0.887. The lowest BCUT2D eigenvalue weighted by molar-refractivity contribution is 1.60. The van der Waals surface area contributed by atoms with Gasteiger partial charge in [-0.25, -0.2) is 0 Å². The predicted molar refractivity (Wildman–Crippen MR) is 46.9 cm³/mol. The van der Waals surface area contributed by atoms with Gasteiger partial charge in [0.1, 0.15) is 7.85 Å². The van der Waals surface area contributed by atoms with Crippen molar-refractivity contribution in [3.05, 3.63) is 14.2 Å². The number of aryl methyl sites for hydroxylation is 2. The van der Waals surface area contributed by atoms with Gasteiger partial charge in [-0.15, -0.1) is 11.3 Å². The summed E-state index contributed by atoms with van der Waals surface area (Å²) < 4.78 is 1.06. The van der Waals surface area contributed by atoms with Gasteiger partial charge in [0.25, 0.3) is 0 Å². The Morgan fingerprint density at radius 2 is 1.89 bits per heavy atom. The van der Waals surface area contributed by atoms with Crippen molar-refractivity contribution >= 4 is 40.6 Å². The second-order valence-electron chi connectivity index (χ2n) is 1.94. The zero-order valence-electron chi connectivity index (χ0n) is 5.36. The van der Waals surface area contributed by atoms with E-state index in [0.29, 0.717) is 0 Å². The Bertz CT molecular complexity index is 207. The highest BCUT2D eigenvalue weighted by atomic mass is 79.9. The molecule has 0 N–H and O–H groups in total. The molecule has 3 heteroatoms. The van der Waals surface area contributed by atoms with E-state index in [4.69, 9.17) is 7.85 Å². The van der Waals surface area contributed by atoms with Gasteiger partial charge in [-0.05, 0) is 18.7 Å². The highest BCUT2D eigenvalue weighted by Gasteiger charge is 2.03. The first-order valence-corrected chi connectivity index (χ1v) is 4.25. The van der Waals surface area contributed by atoms with Crippen LogP contribution in [0.5, 0.6) is 0 Å². The molecule has 0 saturated heterocycles. The van der Waals surface area contributed by atoms with Crippen LogP contribution in [0.2, 0.25) is 0 Å². The van der Waals surface area contributed by atoms with Crippen molar-refractivity contribution in [1.29, 1.82) is 0 Å². The molecule has 0 fully saturated rings. The van der Waals surface area contributed by atoms with Gasteiger partial charge in [0.05, 0.1) is 0 Å². The van der Waals surface area contributed by atoms with E-state index in [1.165, 1.54) is 9.75 Å². The van der Waals surface area contributed by atoms with Crippen LogP contribution in [0.15, 0.2) is 4.47 Å². The van der Waals surface area contributed by atoms with E-state index in [1.54, 1.807) is 11.3 Å². The minimum atomic E-state index is 0.887. The molecule has 0 aliphatic carbocycles. The van der Waals surface area contributed by atoms with E-state index in [9.17, 15) is 0 Å². The van der Waals surface area contributed by atoms with Crippen molar-refractivity contribution in [2.75, 3.05) is 0 Å². The van der Waals surface area contributed by atoms with Gasteiger partial charge < -0.3 is 0 Å². The summed E-state index contributed by atoms with van der Waals surface area (Å²) in [7, 11) is 5.67. The van der Waals surface area contributed by atoms with Crippen LogP contribution in [0.25, 0.3) is 0 Å². The van der Waals surface area contributed by atoms with Gasteiger partial charge in [-0.2, -0.15) is 0 Å². The second-order valence-corrected chi connectivity index (χ2v) is 4.16. The zero-order valence-corrected chi connectivity index (χ0v) is 7.77. The zero-order chi connectivity index (χ0) is 7.02. The fourth-order valence-electron chi connectivity index (χ4n) is 0.674. The van der Waals surface area contributed by atoms with Crippen LogP contribution in [0, 0.1) is 13.8 Å². The molecule has 0 atom stereocenters. The Morgan fingerprint density at radius 1 is 1.33 bits per heavy atom. The van der Waals surface area contributed by atoms with E-state index < -0.39 is 0 Å². The third-order valence-corrected chi connectivity index (χ3v) is 3.55. The fourth-order valence-corrected chi connectivity index (χ4v) is 2.22. The average molecular weight is 201 g/mol. The molecule has 9 heavy (non-hydrogen) atoms. The highest BCUT2D eigenvalue weighted by molar-refractivity contribution is 9.10. The van der Waals surface area contributed by atoms with Crippen molar-refractivity contribution in [1.82, 2.24) is 0 Å². The average Bonchev–Trinajstić information content (AvgIpc) is 1.98. The van der Waals surface area contributed by atoms with Crippen LogP contribution in [-0.4, -0.2) is 7.85 Å². The summed E-state index contributed by atoms with van der Waals surface area (Å²) in [6.07, 6.45) is 0. The summed E-state index contributed by atoms with van der Waals surface area (Å²) in [5.41, 5.74) is 0.887. The molecule has 46 valence electrons. The standard InChI is InChI=1S/C6H6BBrS/c1-3-5(7)6(8)4(2)9-3/h1-2H3.